The molecule has 8 heteroatoms. The van der Waals surface area contributed by atoms with E-state index in [0.717, 1.165) is 21.6 Å². The molecule has 0 unspecified atom stereocenters. The van der Waals surface area contributed by atoms with E-state index in [4.69, 9.17) is 4.74 Å². The highest BCUT2D eigenvalue weighted by Crippen LogP contribution is 2.38. The summed E-state index contributed by atoms with van der Waals surface area (Å²) in [5, 5.41) is 25.1. The van der Waals surface area contributed by atoms with E-state index in [1.165, 1.54) is 11.8 Å². The molecule has 3 N–H and O–H groups in total. The maximum Gasteiger partial charge on any atom is 0.407 e. The van der Waals surface area contributed by atoms with Gasteiger partial charge in [0, 0.05) is 17.7 Å². The molecule has 1 aliphatic rings. The van der Waals surface area contributed by atoms with Gasteiger partial charge in [0.15, 0.2) is 0 Å². The maximum atomic E-state index is 13.8. The molecule has 218 valence electrons. The van der Waals surface area contributed by atoms with Crippen LogP contribution in [0.3, 0.4) is 0 Å². The number of carbonyl (C=O) groups is 2. The largest absolute Gasteiger partial charge is 0.444 e. The Labute approximate surface area is 246 Å². The molecular weight excluding hydrogens is 536 g/mol. The second kappa shape index (κ2) is 14.0. The maximum absolute atomic E-state index is 13.8. The number of hydrogen-bond donors (Lipinski definition) is 3. The van der Waals surface area contributed by atoms with Crippen LogP contribution < -0.4 is 5.32 Å². The molecular formula is C33H40N2O5S. The average molecular weight is 577 g/mol. The lowest BCUT2D eigenvalue weighted by Gasteiger charge is -2.32. The summed E-state index contributed by atoms with van der Waals surface area (Å²) in [7, 11) is 0. The number of benzene rings is 3. The van der Waals surface area contributed by atoms with Gasteiger partial charge < -0.3 is 25.2 Å². The van der Waals surface area contributed by atoms with Crippen LogP contribution in [-0.2, 0) is 22.4 Å². The van der Waals surface area contributed by atoms with E-state index in [1.807, 2.05) is 84.9 Å². The molecule has 41 heavy (non-hydrogen) atoms. The van der Waals surface area contributed by atoms with Gasteiger partial charge in [0.05, 0.1) is 30.2 Å². The third kappa shape index (κ3) is 8.83. The van der Waals surface area contributed by atoms with Gasteiger partial charge in [0.2, 0.25) is 5.91 Å². The number of hydrogen-bond acceptors (Lipinski definition) is 6. The standard InChI is InChI=1S/C33H40N2O5S/c1-33(2,3)40-32(39)34-27(20-23-12-6-4-7-13-23)28(36)18-19-30(38)35(22-41-25-15-8-5-9-16-25)31-26-17-11-10-14-24(26)21-29(31)37/h4-17,27-29,31,36-37H,18-22H2,1-3H3,(H,34,39)/t27-,28-,29+,31-/m0/s1. The fraction of sp³-hybridized carbons (Fsp3) is 0.394. The van der Waals surface area contributed by atoms with Crippen molar-refractivity contribution in [3.63, 3.8) is 0 Å². The van der Waals surface area contributed by atoms with E-state index < -0.39 is 36.0 Å². The minimum absolute atomic E-state index is 0.0587. The summed E-state index contributed by atoms with van der Waals surface area (Å²) < 4.78 is 5.44. The molecule has 0 spiro atoms. The van der Waals surface area contributed by atoms with Crippen LogP contribution in [0.25, 0.3) is 0 Å². The lowest BCUT2D eigenvalue weighted by atomic mass is 9.97. The van der Waals surface area contributed by atoms with E-state index in [0.29, 0.717) is 18.7 Å². The van der Waals surface area contributed by atoms with Gasteiger partial charge in [-0.25, -0.2) is 4.79 Å². The molecule has 1 aliphatic carbocycles. The number of carbonyl (C=O) groups excluding carboxylic acids is 2. The smallest absolute Gasteiger partial charge is 0.407 e. The van der Waals surface area contributed by atoms with Crippen LogP contribution >= 0.6 is 11.8 Å². The number of thioether (sulfide) groups is 1. The summed E-state index contributed by atoms with van der Waals surface area (Å²) in [5.74, 6) is 0.197. The summed E-state index contributed by atoms with van der Waals surface area (Å²) in [6.07, 6.45) is -1.24. The van der Waals surface area contributed by atoms with Gasteiger partial charge in [-0.2, -0.15) is 0 Å². The summed E-state index contributed by atoms with van der Waals surface area (Å²) in [6.45, 7) is 5.35. The van der Waals surface area contributed by atoms with Crippen molar-refractivity contribution in [1.82, 2.24) is 10.2 Å². The Bertz CT molecular complexity index is 1280. The monoisotopic (exact) mass is 576 g/mol. The highest BCUT2D eigenvalue weighted by atomic mass is 32.2. The fourth-order valence-corrected chi connectivity index (χ4v) is 6.07. The topological polar surface area (TPSA) is 99.1 Å². The molecule has 0 saturated carbocycles. The predicted octanol–water partition coefficient (Wildman–Crippen LogP) is 5.50. The molecule has 2 amide bonds. The fourth-order valence-electron chi connectivity index (χ4n) is 5.12. The van der Waals surface area contributed by atoms with Crippen molar-refractivity contribution in [2.24, 2.45) is 0 Å². The highest BCUT2D eigenvalue weighted by Gasteiger charge is 2.38. The quantitative estimate of drug-likeness (QED) is 0.206. The number of ether oxygens (including phenoxy) is 1. The van der Waals surface area contributed by atoms with Crippen molar-refractivity contribution in [2.75, 3.05) is 5.88 Å². The Hall–Kier alpha value is -3.33. The Morgan fingerprint density at radius 2 is 1.63 bits per heavy atom. The number of aliphatic hydroxyl groups is 2. The number of aliphatic hydroxyl groups excluding tert-OH is 2. The third-order valence-corrected chi connectivity index (χ3v) is 8.07. The van der Waals surface area contributed by atoms with E-state index in [9.17, 15) is 19.8 Å². The molecule has 0 saturated heterocycles. The Balaban J connectivity index is 1.48. The number of nitrogens with one attached hydrogen (secondary N) is 1. The zero-order valence-corrected chi connectivity index (χ0v) is 24.7. The van der Waals surface area contributed by atoms with Crippen LogP contribution in [0.1, 0.15) is 56.3 Å². The summed E-state index contributed by atoms with van der Waals surface area (Å²) in [6, 6.07) is 26.1. The first kappa shape index (κ1) is 30.6. The van der Waals surface area contributed by atoms with Crippen molar-refractivity contribution >= 4 is 23.8 Å². The second-order valence-corrected chi connectivity index (χ2v) is 12.4. The van der Waals surface area contributed by atoms with Gasteiger partial charge in [-0.15, -0.1) is 11.8 Å². The van der Waals surface area contributed by atoms with Gasteiger partial charge in [0.25, 0.3) is 0 Å². The minimum atomic E-state index is -0.990. The molecule has 7 nitrogen and oxygen atoms in total. The summed E-state index contributed by atoms with van der Waals surface area (Å²) in [5.41, 5.74) is 2.26. The Morgan fingerprint density at radius 1 is 1.00 bits per heavy atom. The lowest BCUT2D eigenvalue weighted by molar-refractivity contribution is -0.135. The van der Waals surface area contributed by atoms with E-state index in [2.05, 4.69) is 5.32 Å². The number of fused-ring (bicyclic) bond motifs is 1. The zero-order chi connectivity index (χ0) is 29.4. The number of amides is 2. The first-order valence-electron chi connectivity index (χ1n) is 14.1. The van der Waals surface area contributed by atoms with Crippen LogP contribution in [0.15, 0.2) is 89.8 Å². The number of alkyl carbamates (subject to hydrolysis) is 1. The van der Waals surface area contributed by atoms with Gasteiger partial charge >= 0.3 is 6.09 Å². The number of rotatable bonds is 11. The lowest BCUT2D eigenvalue weighted by Crippen LogP contribution is -2.47. The molecule has 0 fully saturated rings. The van der Waals surface area contributed by atoms with E-state index in [1.54, 1.807) is 25.7 Å². The van der Waals surface area contributed by atoms with Crippen LogP contribution in [0.4, 0.5) is 4.79 Å². The molecule has 3 aromatic rings. The normalized spacial score (nSPS) is 17.8. The van der Waals surface area contributed by atoms with Crippen molar-refractivity contribution < 1.29 is 24.5 Å². The van der Waals surface area contributed by atoms with Crippen molar-refractivity contribution in [2.45, 2.75) is 81.2 Å². The van der Waals surface area contributed by atoms with Gasteiger partial charge in [0.1, 0.15) is 5.60 Å². The zero-order valence-electron chi connectivity index (χ0n) is 23.9. The van der Waals surface area contributed by atoms with Crippen LogP contribution in [0, 0.1) is 0 Å². The first-order valence-corrected chi connectivity index (χ1v) is 15.0. The molecule has 4 rings (SSSR count). The van der Waals surface area contributed by atoms with Crippen molar-refractivity contribution in [1.29, 1.82) is 0 Å². The molecule has 0 bridgehead atoms. The third-order valence-electron chi connectivity index (χ3n) is 7.06. The second-order valence-electron chi connectivity index (χ2n) is 11.4. The minimum Gasteiger partial charge on any atom is -0.444 e. The van der Waals surface area contributed by atoms with Gasteiger partial charge in [-0.05, 0) is 62.4 Å². The highest BCUT2D eigenvalue weighted by molar-refractivity contribution is 7.99. The SMILES string of the molecule is CC(C)(C)OC(=O)N[C@@H](Cc1ccccc1)[C@@H](O)CCC(=O)N(CSc1ccccc1)[C@H]1c2ccccc2C[C@H]1O. The van der Waals surface area contributed by atoms with E-state index in [-0.39, 0.29) is 18.7 Å². The molecule has 0 radical (unpaired) electrons. The Morgan fingerprint density at radius 3 is 2.32 bits per heavy atom. The van der Waals surface area contributed by atoms with Crippen LogP contribution in [-0.4, -0.2) is 56.8 Å². The number of nitrogens with zero attached hydrogens (tertiary/aromatic N) is 1. The van der Waals surface area contributed by atoms with Crippen molar-refractivity contribution in [3.8, 4) is 0 Å². The molecule has 0 aromatic heterocycles. The van der Waals surface area contributed by atoms with Crippen molar-refractivity contribution in [3.05, 3.63) is 102 Å². The van der Waals surface area contributed by atoms with E-state index >= 15 is 0 Å². The van der Waals surface area contributed by atoms with Gasteiger partial charge in [-0.3, -0.25) is 4.79 Å². The van der Waals surface area contributed by atoms with Crippen LogP contribution in [0.2, 0.25) is 0 Å². The molecule has 3 aromatic carbocycles. The summed E-state index contributed by atoms with van der Waals surface area (Å²) in [4.78, 5) is 29.1. The van der Waals surface area contributed by atoms with Crippen LogP contribution in [0.5, 0.6) is 0 Å². The summed E-state index contributed by atoms with van der Waals surface area (Å²) >= 11 is 1.53. The average Bonchev–Trinajstić information content (AvgIpc) is 3.27. The first-order chi connectivity index (χ1) is 19.6. The molecule has 4 atom stereocenters. The Kier molecular flexibility index (Phi) is 10.5. The van der Waals surface area contributed by atoms with Gasteiger partial charge in [-0.1, -0.05) is 72.8 Å². The predicted molar refractivity (Wildman–Crippen MR) is 161 cm³/mol. The molecule has 0 heterocycles. The molecule has 0 aliphatic heterocycles.